The van der Waals surface area contributed by atoms with Crippen LogP contribution in [0.4, 0.5) is 0 Å². The first kappa shape index (κ1) is 13.4. The zero-order valence-electron chi connectivity index (χ0n) is 9.23. The summed E-state index contributed by atoms with van der Waals surface area (Å²) in [4.78, 5) is 33.7. The average Bonchev–Trinajstić information content (AvgIpc) is 2.29. The van der Waals surface area contributed by atoms with Gasteiger partial charge in [0, 0.05) is 10.6 Å². The number of esters is 1. The summed E-state index contributed by atoms with van der Waals surface area (Å²) in [5.74, 6) is -1.44. The number of methoxy groups -OCH3 is 1. The smallest absolute Gasteiger partial charge is 0.313 e. The monoisotopic (exact) mass is 254 g/mol. The van der Waals surface area contributed by atoms with E-state index in [1.165, 1.54) is 19.2 Å². The lowest BCUT2D eigenvalue weighted by Gasteiger charge is -2.00. The van der Waals surface area contributed by atoms with Crippen molar-refractivity contribution >= 4 is 29.1 Å². The van der Waals surface area contributed by atoms with Gasteiger partial charge in [0.15, 0.2) is 11.6 Å². The number of rotatable bonds is 5. The molecule has 0 fully saturated rings. The highest BCUT2D eigenvalue weighted by molar-refractivity contribution is 6.30. The molecule has 0 amide bonds. The normalized spacial score (nSPS) is 9.76. The summed E-state index contributed by atoms with van der Waals surface area (Å²) in [5.41, 5.74) is 0.396. The zero-order chi connectivity index (χ0) is 12.8. The van der Waals surface area contributed by atoms with Crippen LogP contribution in [0.15, 0.2) is 24.3 Å². The third kappa shape index (κ3) is 4.36. The fourth-order valence-corrected chi connectivity index (χ4v) is 1.34. The van der Waals surface area contributed by atoms with Crippen molar-refractivity contribution in [1.29, 1.82) is 0 Å². The number of hydrogen-bond acceptors (Lipinski definition) is 4. The summed E-state index contributed by atoms with van der Waals surface area (Å²) >= 11 is 5.67. The van der Waals surface area contributed by atoms with E-state index in [9.17, 15) is 14.4 Å². The van der Waals surface area contributed by atoms with Gasteiger partial charge in [0.2, 0.25) is 0 Å². The van der Waals surface area contributed by atoms with E-state index in [4.69, 9.17) is 11.6 Å². The van der Waals surface area contributed by atoms with Gasteiger partial charge in [-0.05, 0) is 24.3 Å². The molecule has 0 aliphatic rings. The highest BCUT2D eigenvalue weighted by Crippen LogP contribution is 2.11. The third-order valence-corrected chi connectivity index (χ3v) is 2.35. The molecule has 0 aliphatic carbocycles. The molecule has 17 heavy (non-hydrogen) atoms. The molecule has 5 heteroatoms. The fourth-order valence-electron chi connectivity index (χ4n) is 1.21. The molecule has 0 aromatic heterocycles. The highest BCUT2D eigenvalue weighted by Gasteiger charge is 2.15. The third-order valence-electron chi connectivity index (χ3n) is 2.09. The first-order chi connectivity index (χ1) is 8.02. The summed E-state index contributed by atoms with van der Waals surface area (Å²) < 4.78 is 4.34. The van der Waals surface area contributed by atoms with E-state index in [1.807, 2.05) is 0 Å². The molecule has 0 radical (unpaired) electrons. The van der Waals surface area contributed by atoms with Crippen LogP contribution in [0.25, 0.3) is 0 Å². The van der Waals surface area contributed by atoms with Gasteiger partial charge in [-0.25, -0.2) is 0 Å². The zero-order valence-corrected chi connectivity index (χ0v) is 9.99. The van der Waals surface area contributed by atoms with Gasteiger partial charge in [0.25, 0.3) is 0 Å². The molecule has 4 nitrogen and oxygen atoms in total. The Hall–Kier alpha value is -1.68. The van der Waals surface area contributed by atoms with Gasteiger partial charge >= 0.3 is 5.97 Å². The van der Waals surface area contributed by atoms with Gasteiger partial charge in [0.05, 0.1) is 13.5 Å². The van der Waals surface area contributed by atoms with Gasteiger partial charge in [-0.3, -0.25) is 14.4 Å². The lowest BCUT2D eigenvalue weighted by atomic mass is 10.0. The van der Waals surface area contributed by atoms with Crippen molar-refractivity contribution in [2.24, 2.45) is 0 Å². The molecular formula is C12H11ClO4. The predicted octanol–water partition coefficient (Wildman–Crippen LogP) is 2.04. The minimum absolute atomic E-state index is 0.309. The number of benzene rings is 1. The number of ether oxygens (including phenoxy) is 1. The van der Waals surface area contributed by atoms with Crippen LogP contribution >= 0.6 is 11.6 Å². The van der Waals surface area contributed by atoms with E-state index in [0.717, 1.165) is 0 Å². The number of Topliss-reactive ketones (excluding diaryl/α,β-unsaturated/α-hetero) is 2. The second-order valence-electron chi connectivity index (χ2n) is 3.40. The summed E-state index contributed by atoms with van der Waals surface area (Å²) in [6.45, 7) is 0. The van der Waals surface area contributed by atoms with Gasteiger partial charge in [-0.15, -0.1) is 0 Å². The molecule has 0 heterocycles. The quantitative estimate of drug-likeness (QED) is 0.458. The highest BCUT2D eigenvalue weighted by atomic mass is 35.5. The van der Waals surface area contributed by atoms with Crippen LogP contribution in [0.1, 0.15) is 23.2 Å². The largest absolute Gasteiger partial charge is 0.469 e. The predicted molar refractivity (Wildman–Crippen MR) is 62.0 cm³/mol. The van der Waals surface area contributed by atoms with Gasteiger partial charge in [-0.2, -0.15) is 0 Å². The molecule has 0 bridgehead atoms. The van der Waals surface area contributed by atoms with Crippen LogP contribution in [0.5, 0.6) is 0 Å². The van der Waals surface area contributed by atoms with Crippen molar-refractivity contribution in [3.63, 3.8) is 0 Å². The molecule has 0 spiro atoms. The number of hydrogen-bond donors (Lipinski definition) is 0. The molecule has 0 saturated heterocycles. The molecule has 1 aromatic carbocycles. The maximum atomic E-state index is 11.6. The lowest BCUT2D eigenvalue weighted by Crippen LogP contribution is -2.13. The Morgan fingerprint density at radius 1 is 1.12 bits per heavy atom. The second-order valence-corrected chi connectivity index (χ2v) is 3.83. The summed E-state index contributed by atoms with van der Waals surface area (Å²) in [5, 5.41) is 0.516. The van der Waals surface area contributed by atoms with Gasteiger partial charge in [-0.1, -0.05) is 11.6 Å². The van der Waals surface area contributed by atoms with Crippen LogP contribution in [0.2, 0.25) is 5.02 Å². The van der Waals surface area contributed by atoms with Crippen LogP contribution in [0, 0.1) is 0 Å². The summed E-state index contributed by atoms with van der Waals surface area (Å²) in [7, 11) is 1.19. The first-order valence-electron chi connectivity index (χ1n) is 4.90. The van der Waals surface area contributed by atoms with E-state index >= 15 is 0 Å². The second kappa shape index (κ2) is 6.15. The lowest BCUT2D eigenvalue weighted by molar-refractivity contribution is -0.143. The van der Waals surface area contributed by atoms with E-state index < -0.39 is 11.8 Å². The molecule has 0 atom stereocenters. The fraction of sp³-hybridized carbons (Fsp3) is 0.250. The number of ketones is 2. The van der Waals surface area contributed by atoms with E-state index in [2.05, 4.69) is 4.74 Å². The van der Waals surface area contributed by atoms with Crippen LogP contribution < -0.4 is 0 Å². The maximum absolute atomic E-state index is 11.6. The van der Waals surface area contributed by atoms with Crippen LogP contribution in [-0.2, 0) is 14.3 Å². The Bertz CT molecular complexity index is 436. The molecule has 90 valence electrons. The van der Waals surface area contributed by atoms with Crippen molar-refractivity contribution in [3.8, 4) is 0 Å². The van der Waals surface area contributed by atoms with Crippen molar-refractivity contribution < 1.29 is 19.1 Å². The average molecular weight is 255 g/mol. The van der Waals surface area contributed by atoms with Crippen molar-refractivity contribution in [2.45, 2.75) is 12.8 Å². The Labute approximate surface area is 104 Å². The Morgan fingerprint density at radius 3 is 2.24 bits per heavy atom. The maximum Gasteiger partial charge on any atom is 0.313 e. The Balaban J connectivity index is 2.57. The minimum atomic E-state index is -0.640. The molecule has 0 saturated carbocycles. The number of carbonyl (C=O) groups is 3. The Kier molecular flexibility index (Phi) is 4.84. The van der Waals surface area contributed by atoms with Crippen LogP contribution in [-0.4, -0.2) is 24.6 Å². The summed E-state index contributed by atoms with van der Waals surface area (Å²) in [6, 6.07) is 6.21. The van der Waals surface area contributed by atoms with E-state index in [1.54, 1.807) is 12.1 Å². The first-order valence-corrected chi connectivity index (χ1v) is 5.28. The van der Waals surface area contributed by atoms with Crippen molar-refractivity contribution in [2.75, 3.05) is 7.11 Å². The minimum Gasteiger partial charge on any atom is -0.469 e. The molecule has 0 N–H and O–H groups in total. The summed E-state index contributed by atoms with van der Waals surface area (Å²) in [6.07, 6.45) is -0.688. The topological polar surface area (TPSA) is 60.4 Å². The van der Waals surface area contributed by atoms with E-state index in [-0.39, 0.29) is 18.6 Å². The standard InChI is InChI=1S/C12H11ClO4/c1-17-12(16)7-10(14)6-11(15)8-2-4-9(13)5-3-8/h2-5H,6-7H2,1H3. The molecule has 1 aromatic rings. The number of halogens is 1. The van der Waals surface area contributed by atoms with Gasteiger partial charge in [0.1, 0.15) is 6.42 Å². The molecule has 1 rings (SSSR count). The molecule has 0 aliphatic heterocycles. The number of carbonyl (C=O) groups excluding carboxylic acids is 3. The van der Waals surface area contributed by atoms with Crippen molar-refractivity contribution in [3.05, 3.63) is 34.9 Å². The van der Waals surface area contributed by atoms with Crippen molar-refractivity contribution in [1.82, 2.24) is 0 Å². The van der Waals surface area contributed by atoms with Crippen LogP contribution in [0.3, 0.4) is 0 Å². The molecule has 0 unspecified atom stereocenters. The van der Waals surface area contributed by atoms with E-state index in [0.29, 0.717) is 10.6 Å². The molecular weight excluding hydrogens is 244 g/mol. The van der Waals surface area contributed by atoms with Gasteiger partial charge < -0.3 is 4.74 Å². The Morgan fingerprint density at radius 2 is 1.71 bits per heavy atom. The SMILES string of the molecule is COC(=O)CC(=O)CC(=O)c1ccc(Cl)cc1.